The van der Waals surface area contributed by atoms with Crippen LogP contribution in [0.2, 0.25) is 5.02 Å². The number of benzene rings is 2. The summed E-state index contributed by atoms with van der Waals surface area (Å²) in [4.78, 5) is 0. The molecule has 0 amide bonds. The molecule has 0 fully saturated rings. The van der Waals surface area contributed by atoms with Crippen molar-refractivity contribution in [2.75, 3.05) is 6.54 Å². The Bertz CT molecular complexity index is 607. The van der Waals surface area contributed by atoms with Crippen molar-refractivity contribution in [1.29, 1.82) is 0 Å². The van der Waals surface area contributed by atoms with E-state index in [0.29, 0.717) is 0 Å². The molecule has 0 aliphatic carbocycles. The maximum atomic E-state index is 6.51. The van der Waals surface area contributed by atoms with Gasteiger partial charge in [0.1, 0.15) is 0 Å². The normalized spacial score (nSPS) is 12.4. The van der Waals surface area contributed by atoms with Crippen LogP contribution in [-0.2, 0) is 0 Å². The molecule has 1 N–H and O–H groups in total. The first kappa shape index (κ1) is 16.5. The second-order valence-electron chi connectivity index (χ2n) is 5.40. The quantitative estimate of drug-likeness (QED) is 0.704. The summed E-state index contributed by atoms with van der Waals surface area (Å²) in [7, 11) is 0. The van der Waals surface area contributed by atoms with Gasteiger partial charge in [-0.05, 0) is 67.3 Å². The molecule has 0 saturated carbocycles. The lowest BCUT2D eigenvalue weighted by molar-refractivity contribution is 0.598. The van der Waals surface area contributed by atoms with E-state index in [0.717, 1.165) is 28.0 Å². The molecule has 1 nitrogen and oxygen atoms in total. The molecule has 0 spiro atoms. The standard InChI is InChI=1S/C18H21BrClN/c1-4-9-21-18(14-5-7-15(19)8-6-14)16-10-12(2)13(3)11-17(16)20/h5-8,10-11,18,21H,4,9H2,1-3H3. The van der Waals surface area contributed by atoms with E-state index in [9.17, 15) is 0 Å². The van der Waals surface area contributed by atoms with E-state index < -0.39 is 0 Å². The fourth-order valence-electron chi connectivity index (χ4n) is 2.38. The summed E-state index contributed by atoms with van der Waals surface area (Å²) in [6.07, 6.45) is 1.09. The van der Waals surface area contributed by atoms with Gasteiger partial charge < -0.3 is 5.32 Å². The van der Waals surface area contributed by atoms with Crippen LogP contribution in [0.5, 0.6) is 0 Å². The smallest absolute Gasteiger partial charge is 0.0591 e. The first-order valence-corrected chi connectivity index (χ1v) is 8.45. The van der Waals surface area contributed by atoms with Crippen molar-refractivity contribution in [2.45, 2.75) is 33.2 Å². The van der Waals surface area contributed by atoms with E-state index in [2.05, 4.69) is 78.4 Å². The Morgan fingerprint density at radius 2 is 1.71 bits per heavy atom. The fraction of sp³-hybridized carbons (Fsp3) is 0.333. The van der Waals surface area contributed by atoms with Gasteiger partial charge in [0.25, 0.3) is 0 Å². The van der Waals surface area contributed by atoms with E-state index in [-0.39, 0.29) is 6.04 Å². The zero-order chi connectivity index (χ0) is 15.4. The lowest BCUT2D eigenvalue weighted by atomic mass is 9.95. The van der Waals surface area contributed by atoms with Crippen molar-refractivity contribution in [3.63, 3.8) is 0 Å². The van der Waals surface area contributed by atoms with E-state index in [1.54, 1.807) is 0 Å². The largest absolute Gasteiger partial charge is 0.306 e. The van der Waals surface area contributed by atoms with E-state index >= 15 is 0 Å². The van der Waals surface area contributed by atoms with Crippen LogP contribution < -0.4 is 5.32 Å². The van der Waals surface area contributed by atoms with E-state index in [1.807, 2.05) is 0 Å². The summed E-state index contributed by atoms with van der Waals surface area (Å²) in [6, 6.07) is 12.8. The molecule has 2 aromatic carbocycles. The Labute approximate surface area is 140 Å². The van der Waals surface area contributed by atoms with E-state index in [4.69, 9.17) is 11.6 Å². The highest BCUT2D eigenvalue weighted by Gasteiger charge is 2.17. The first-order valence-electron chi connectivity index (χ1n) is 7.28. The van der Waals surface area contributed by atoms with Gasteiger partial charge in [0.2, 0.25) is 0 Å². The molecule has 0 bridgehead atoms. The zero-order valence-corrected chi connectivity index (χ0v) is 15.1. The maximum Gasteiger partial charge on any atom is 0.0591 e. The van der Waals surface area contributed by atoms with Gasteiger partial charge in [-0.1, -0.05) is 52.7 Å². The number of rotatable bonds is 5. The number of hydrogen-bond donors (Lipinski definition) is 1. The van der Waals surface area contributed by atoms with Gasteiger partial charge in [0.05, 0.1) is 6.04 Å². The minimum atomic E-state index is 0.129. The third-order valence-electron chi connectivity index (χ3n) is 3.73. The minimum Gasteiger partial charge on any atom is -0.306 e. The van der Waals surface area contributed by atoms with Gasteiger partial charge >= 0.3 is 0 Å². The van der Waals surface area contributed by atoms with Crippen LogP contribution in [0.4, 0.5) is 0 Å². The van der Waals surface area contributed by atoms with Crippen LogP contribution in [0, 0.1) is 13.8 Å². The predicted molar refractivity (Wildman–Crippen MR) is 95.2 cm³/mol. The average molecular weight is 367 g/mol. The Hall–Kier alpha value is -0.830. The molecule has 21 heavy (non-hydrogen) atoms. The molecule has 112 valence electrons. The highest BCUT2D eigenvalue weighted by atomic mass is 79.9. The van der Waals surface area contributed by atoms with Crippen LogP contribution in [0.25, 0.3) is 0 Å². The molecule has 1 atom stereocenters. The maximum absolute atomic E-state index is 6.51. The van der Waals surface area contributed by atoms with Crippen molar-refractivity contribution >= 4 is 27.5 Å². The first-order chi connectivity index (χ1) is 10.0. The average Bonchev–Trinajstić information content (AvgIpc) is 2.46. The molecule has 0 saturated heterocycles. The van der Waals surface area contributed by atoms with Gasteiger partial charge in [-0.3, -0.25) is 0 Å². The predicted octanol–water partition coefficient (Wildman–Crippen LogP) is 5.81. The fourth-order valence-corrected chi connectivity index (χ4v) is 2.97. The SMILES string of the molecule is CCCNC(c1ccc(Br)cc1)c1cc(C)c(C)cc1Cl. The molecule has 2 aromatic rings. The third-order valence-corrected chi connectivity index (χ3v) is 4.58. The summed E-state index contributed by atoms with van der Waals surface area (Å²) in [5.74, 6) is 0. The van der Waals surface area contributed by atoms with Crippen molar-refractivity contribution in [3.05, 3.63) is 68.1 Å². The Morgan fingerprint density at radius 1 is 1.10 bits per heavy atom. The summed E-state index contributed by atoms with van der Waals surface area (Å²) in [5, 5.41) is 4.44. The van der Waals surface area contributed by atoms with Crippen LogP contribution in [0.3, 0.4) is 0 Å². The molecule has 3 heteroatoms. The molecule has 0 aromatic heterocycles. The van der Waals surface area contributed by atoms with Gasteiger partial charge in [0, 0.05) is 9.50 Å². The Morgan fingerprint density at radius 3 is 2.33 bits per heavy atom. The van der Waals surface area contributed by atoms with Crippen molar-refractivity contribution < 1.29 is 0 Å². The highest BCUT2D eigenvalue weighted by molar-refractivity contribution is 9.10. The molecule has 0 radical (unpaired) electrons. The summed E-state index contributed by atoms with van der Waals surface area (Å²) < 4.78 is 1.09. The lowest BCUT2D eigenvalue weighted by Crippen LogP contribution is -2.23. The van der Waals surface area contributed by atoms with Gasteiger partial charge in [-0.15, -0.1) is 0 Å². The number of halogens is 2. The number of aryl methyl sites for hydroxylation is 2. The summed E-state index contributed by atoms with van der Waals surface area (Å²) >= 11 is 10.00. The molecule has 1 unspecified atom stereocenters. The minimum absolute atomic E-state index is 0.129. The lowest BCUT2D eigenvalue weighted by Gasteiger charge is -2.22. The van der Waals surface area contributed by atoms with Crippen LogP contribution in [0.1, 0.15) is 41.6 Å². The van der Waals surface area contributed by atoms with Gasteiger partial charge in [-0.25, -0.2) is 0 Å². The molecule has 2 rings (SSSR count). The molecule has 0 aliphatic heterocycles. The van der Waals surface area contributed by atoms with Crippen LogP contribution >= 0.6 is 27.5 Å². The topological polar surface area (TPSA) is 12.0 Å². The van der Waals surface area contributed by atoms with Crippen molar-refractivity contribution in [3.8, 4) is 0 Å². The number of hydrogen-bond acceptors (Lipinski definition) is 1. The van der Waals surface area contributed by atoms with Gasteiger partial charge in [0.15, 0.2) is 0 Å². The van der Waals surface area contributed by atoms with Gasteiger partial charge in [-0.2, -0.15) is 0 Å². The van der Waals surface area contributed by atoms with Crippen LogP contribution in [-0.4, -0.2) is 6.54 Å². The summed E-state index contributed by atoms with van der Waals surface area (Å²) in [6.45, 7) is 7.37. The highest BCUT2D eigenvalue weighted by Crippen LogP contribution is 2.31. The molecular formula is C18H21BrClN. The van der Waals surface area contributed by atoms with Crippen LogP contribution in [0.15, 0.2) is 40.9 Å². The van der Waals surface area contributed by atoms with E-state index in [1.165, 1.54) is 16.7 Å². The second kappa shape index (κ2) is 7.44. The molecule has 0 heterocycles. The monoisotopic (exact) mass is 365 g/mol. The third kappa shape index (κ3) is 4.09. The second-order valence-corrected chi connectivity index (χ2v) is 6.72. The Kier molecular flexibility index (Phi) is 5.86. The Balaban J connectivity index is 2.45. The molecular weight excluding hydrogens is 346 g/mol. The van der Waals surface area contributed by atoms with Crippen molar-refractivity contribution in [1.82, 2.24) is 5.32 Å². The molecule has 0 aliphatic rings. The van der Waals surface area contributed by atoms with Crippen molar-refractivity contribution in [2.24, 2.45) is 0 Å². The summed E-state index contributed by atoms with van der Waals surface area (Å²) in [5.41, 5.74) is 4.89. The zero-order valence-electron chi connectivity index (χ0n) is 12.7. The number of nitrogens with one attached hydrogen (secondary N) is 1.